The summed E-state index contributed by atoms with van der Waals surface area (Å²) in [4.78, 5) is 26.3. The predicted octanol–water partition coefficient (Wildman–Crippen LogP) is 1.79. The third-order valence-electron chi connectivity index (χ3n) is 6.95. The molecule has 5 atom stereocenters. The van der Waals surface area contributed by atoms with Gasteiger partial charge in [-0.1, -0.05) is 18.2 Å². The number of nitrogens with one attached hydrogen (secondary N) is 1. The largest absolute Gasteiger partial charge is 0.485 e. The highest BCUT2D eigenvalue weighted by Gasteiger charge is 2.64. The highest BCUT2D eigenvalue weighted by atomic mass is 16.6. The number of carbonyl (C=O) groups is 2. The van der Waals surface area contributed by atoms with E-state index in [2.05, 4.69) is 29.4 Å². The molecule has 2 aliphatic carbocycles. The van der Waals surface area contributed by atoms with Crippen LogP contribution in [0.25, 0.3) is 0 Å². The van der Waals surface area contributed by atoms with E-state index >= 15 is 0 Å². The van der Waals surface area contributed by atoms with Crippen molar-refractivity contribution < 1.29 is 23.8 Å². The van der Waals surface area contributed by atoms with Gasteiger partial charge in [0.05, 0.1) is 6.61 Å². The molecule has 1 aromatic carbocycles. The normalized spacial score (nSPS) is 33.4. The number of alkyl carbamates (subject to hydrolysis) is 1. The second-order valence-electron chi connectivity index (χ2n) is 8.31. The van der Waals surface area contributed by atoms with Crippen LogP contribution in [0.1, 0.15) is 24.5 Å². The van der Waals surface area contributed by atoms with Crippen LogP contribution in [0.15, 0.2) is 30.4 Å². The van der Waals surface area contributed by atoms with Crippen LogP contribution in [-0.2, 0) is 26.1 Å². The molecule has 7 heteroatoms. The van der Waals surface area contributed by atoms with Crippen molar-refractivity contribution in [2.24, 2.45) is 5.92 Å². The molecule has 0 saturated carbocycles. The second kappa shape index (κ2) is 6.76. The number of nitrogens with zero attached hydrogens (tertiary/aromatic N) is 1. The Morgan fingerprint density at radius 2 is 2.21 bits per heavy atom. The van der Waals surface area contributed by atoms with Crippen molar-refractivity contribution in [1.82, 2.24) is 10.2 Å². The molecule has 2 aliphatic heterocycles. The van der Waals surface area contributed by atoms with Crippen molar-refractivity contribution >= 4 is 12.1 Å². The van der Waals surface area contributed by atoms with Gasteiger partial charge in [0.1, 0.15) is 18.4 Å². The molecule has 4 aliphatic rings. The Morgan fingerprint density at radius 1 is 1.34 bits per heavy atom. The van der Waals surface area contributed by atoms with Crippen LogP contribution >= 0.6 is 0 Å². The molecule has 1 aromatic rings. The van der Waals surface area contributed by atoms with Gasteiger partial charge < -0.3 is 24.4 Å². The van der Waals surface area contributed by atoms with Crippen LogP contribution in [0.5, 0.6) is 5.75 Å². The van der Waals surface area contributed by atoms with Gasteiger partial charge in [-0.05, 0) is 51.1 Å². The minimum atomic E-state index is -0.636. The van der Waals surface area contributed by atoms with Crippen LogP contribution in [0.2, 0.25) is 0 Å². The zero-order valence-electron chi connectivity index (χ0n) is 16.7. The number of likely N-dealkylation sites (N-methyl/N-ethyl adjacent to an activating group) is 1. The van der Waals surface area contributed by atoms with E-state index in [1.807, 2.05) is 18.2 Å². The number of hydrogen-bond acceptors (Lipinski definition) is 6. The Hall–Kier alpha value is -2.54. The van der Waals surface area contributed by atoms with E-state index < -0.39 is 18.2 Å². The molecule has 1 saturated heterocycles. The van der Waals surface area contributed by atoms with Crippen LogP contribution in [0, 0.1) is 5.92 Å². The van der Waals surface area contributed by atoms with Crippen LogP contribution in [0.4, 0.5) is 4.79 Å². The fourth-order valence-electron chi connectivity index (χ4n) is 5.81. The van der Waals surface area contributed by atoms with E-state index in [4.69, 9.17) is 14.2 Å². The van der Waals surface area contributed by atoms with E-state index in [-0.39, 0.29) is 24.7 Å². The smallest absolute Gasteiger partial charge is 0.408 e. The summed E-state index contributed by atoms with van der Waals surface area (Å²) in [6, 6.07) is 6.70. The van der Waals surface area contributed by atoms with Crippen LogP contribution in [-0.4, -0.2) is 62.0 Å². The summed E-state index contributed by atoms with van der Waals surface area (Å²) in [5, 5.41) is 2.48. The first-order chi connectivity index (χ1) is 14.0. The molecule has 2 bridgehead atoms. The average molecular weight is 398 g/mol. The molecule has 0 unspecified atom stereocenters. The molecule has 1 fully saturated rings. The van der Waals surface area contributed by atoms with Gasteiger partial charge in [0.2, 0.25) is 0 Å². The van der Waals surface area contributed by atoms with Crippen molar-refractivity contribution in [3.63, 3.8) is 0 Å². The molecular weight excluding hydrogens is 372 g/mol. The van der Waals surface area contributed by atoms with Crippen molar-refractivity contribution in [1.29, 1.82) is 0 Å². The fraction of sp³-hybridized carbons (Fsp3) is 0.545. The molecular formula is C22H26N2O5. The van der Waals surface area contributed by atoms with Crippen molar-refractivity contribution in [3.05, 3.63) is 41.5 Å². The van der Waals surface area contributed by atoms with Gasteiger partial charge in [-0.25, -0.2) is 4.79 Å². The third kappa shape index (κ3) is 2.67. The molecule has 154 valence electrons. The van der Waals surface area contributed by atoms with E-state index in [1.165, 1.54) is 11.1 Å². The monoisotopic (exact) mass is 398 g/mol. The first-order valence-electron chi connectivity index (χ1n) is 10.3. The molecule has 5 rings (SSSR count). The summed E-state index contributed by atoms with van der Waals surface area (Å²) in [7, 11) is 2.19. The molecule has 0 radical (unpaired) electrons. The summed E-state index contributed by atoms with van der Waals surface area (Å²) in [5.74, 6) is 0.775. The number of hydrogen-bond donors (Lipinski definition) is 1. The second-order valence-corrected chi connectivity index (χ2v) is 8.31. The lowest BCUT2D eigenvalue weighted by Crippen LogP contribution is -2.65. The third-order valence-corrected chi connectivity index (χ3v) is 6.95. The van der Waals surface area contributed by atoms with Gasteiger partial charge in [0, 0.05) is 22.9 Å². The lowest BCUT2D eigenvalue weighted by Gasteiger charge is -2.56. The summed E-state index contributed by atoms with van der Waals surface area (Å²) in [5.41, 5.74) is 2.49. The Kier molecular flexibility index (Phi) is 4.31. The van der Waals surface area contributed by atoms with Crippen molar-refractivity contribution in [3.8, 4) is 5.75 Å². The number of likely N-dealkylation sites (tertiary alicyclic amines) is 1. The highest BCUT2D eigenvalue weighted by Crippen LogP contribution is 2.60. The summed E-state index contributed by atoms with van der Waals surface area (Å²) < 4.78 is 17.0. The van der Waals surface area contributed by atoms with Gasteiger partial charge in [0.15, 0.2) is 6.10 Å². The van der Waals surface area contributed by atoms with Crippen molar-refractivity contribution in [2.75, 3.05) is 26.7 Å². The van der Waals surface area contributed by atoms with Gasteiger partial charge in [-0.3, -0.25) is 4.79 Å². The lowest BCUT2D eigenvalue weighted by atomic mass is 9.53. The topological polar surface area (TPSA) is 77.1 Å². The first-order valence-corrected chi connectivity index (χ1v) is 10.3. The Labute approximate surface area is 170 Å². The number of amides is 1. The van der Waals surface area contributed by atoms with E-state index in [9.17, 15) is 9.59 Å². The van der Waals surface area contributed by atoms with Crippen LogP contribution in [0.3, 0.4) is 0 Å². The van der Waals surface area contributed by atoms with Gasteiger partial charge in [-0.15, -0.1) is 0 Å². The number of piperidine rings is 1. The average Bonchev–Trinajstić information content (AvgIpc) is 3.05. The number of rotatable bonds is 4. The standard InChI is InChI=1S/C22H26N2O5/c1-3-27-18(25)12-23-21(26)29-17-8-7-14-15-11-13-5-4-6-16-19(13)22(14,20(17)28-16)9-10-24(15)2/h4-8,14-15,17,20H,3,9-12H2,1-2H3,(H,23,26)/t14-,15+,17-,20-,22-/m0/s1. The number of carbonyl (C=O) groups excluding carboxylic acids is 2. The molecule has 1 N–H and O–H groups in total. The SMILES string of the molecule is CCOC(=O)CNC(=O)O[C@H]1C=C[C@H]2[C@H]3Cc4cccc5c4[C@@]2(CCN3C)[C@H]1O5. The minimum Gasteiger partial charge on any atom is -0.485 e. The molecule has 1 amide bonds. The number of benzene rings is 1. The molecule has 1 spiro atoms. The summed E-state index contributed by atoms with van der Waals surface area (Å²) in [6.07, 6.45) is 4.76. The summed E-state index contributed by atoms with van der Waals surface area (Å²) >= 11 is 0. The maximum atomic E-state index is 12.3. The Morgan fingerprint density at radius 3 is 3.03 bits per heavy atom. The van der Waals surface area contributed by atoms with E-state index in [0.717, 1.165) is 25.1 Å². The fourth-order valence-corrected chi connectivity index (χ4v) is 5.81. The molecule has 0 aromatic heterocycles. The molecule has 29 heavy (non-hydrogen) atoms. The number of esters is 1. The maximum Gasteiger partial charge on any atom is 0.408 e. The quantitative estimate of drug-likeness (QED) is 0.616. The highest BCUT2D eigenvalue weighted by molar-refractivity contribution is 5.78. The summed E-state index contributed by atoms with van der Waals surface area (Å²) in [6.45, 7) is 2.78. The Balaban J connectivity index is 1.42. The van der Waals surface area contributed by atoms with E-state index in [0.29, 0.717) is 12.0 Å². The van der Waals surface area contributed by atoms with Crippen molar-refractivity contribution in [2.45, 2.75) is 43.4 Å². The predicted molar refractivity (Wildman–Crippen MR) is 105 cm³/mol. The van der Waals surface area contributed by atoms with Gasteiger partial charge >= 0.3 is 12.1 Å². The lowest BCUT2D eigenvalue weighted by molar-refractivity contribution is -0.142. The maximum absolute atomic E-state index is 12.3. The first kappa shape index (κ1) is 18.5. The molecule has 7 nitrogen and oxygen atoms in total. The van der Waals surface area contributed by atoms with Gasteiger partial charge in [-0.2, -0.15) is 0 Å². The molecule has 2 heterocycles. The van der Waals surface area contributed by atoms with Crippen LogP contribution < -0.4 is 10.1 Å². The minimum absolute atomic E-state index is 0.164. The van der Waals surface area contributed by atoms with Gasteiger partial charge in [0.25, 0.3) is 0 Å². The zero-order valence-corrected chi connectivity index (χ0v) is 16.7. The van der Waals surface area contributed by atoms with E-state index in [1.54, 1.807) is 6.92 Å². The Bertz CT molecular complexity index is 884. The zero-order chi connectivity index (χ0) is 20.2. The number of ether oxygens (including phenoxy) is 3.